The maximum atomic E-state index is 10.2. The van der Waals surface area contributed by atoms with E-state index in [0.717, 1.165) is 15.6 Å². The number of nitrogens with zero attached hydrogens (tertiary/aromatic N) is 1. The summed E-state index contributed by atoms with van der Waals surface area (Å²) in [7, 11) is 0. The zero-order chi connectivity index (χ0) is 25.3. The van der Waals surface area contributed by atoms with Gasteiger partial charge in [0.15, 0.2) is 0 Å². The van der Waals surface area contributed by atoms with Gasteiger partial charge in [-0.05, 0) is 56.7 Å². The number of alkyl halides is 1. The summed E-state index contributed by atoms with van der Waals surface area (Å²) < 4.78 is 12.1. The second kappa shape index (κ2) is 13.6. The molecule has 0 aromatic heterocycles. The first-order valence-corrected chi connectivity index (χ1v) is 12.5. The van der Waals surface area contributed by atoms with Crippen LogP contribution < -0.4 is 15.3 Å². The number of rotatable bonds is 13. The highest BCUT2D eigenvalue weighted by Crippen LogP contribution is 2.36. The Morgan fingerprint density at radius 1 is 1.12 bits per heavy atom. The number of halogens is 2. The lowest BCUT2D eigenvalue weighted by Gasteiger charge is -2.27. The molecule has 2 unspecified atom stereocenters. The van der Waals surface area contributed by atoms with Crippen molar-refractivity contribution in [2.24, 2.45) is 5.84 Å². The molecule has 34 heavy (non-hydrogen) atoms. The summed E-state index contributed by atoms with van der Waals surface area (Å²) in [5.41, 5.74) is 2.26. The molecule has 0 saturated carbocycles. The highest BCUT2D eigenvalue weighted by molar-refractivity contribution is 9.10. The summed E-state index contributed by atoms with van der Waals surface area (Å²) in [5.74, 6) is 7.18. The van der Waals surface area contributed by atoms with Crippen molar-refractivity contribution in [2.45, 2.75) is 31.5 Å². The zero-order valence-electron chi connectivity index (χ0n) is 19.2. The summed E-state index contributed by atoms with van der Waals surface area (Å²) >= 11 is 13.1. The molecular weight excluding hydrogens is 544 g/mol. The van der Waals surface area contributed by atoms with E-state index < -0.39 is 12.2 Å². The van der Waals surface area contributed by atoms with Crippen molar-refractivity contribution in [3.8, 4) is 11.5 Å². The van der Waals surface area contributed by atoms with Gasteiger partial charge >= 0.3 is 0 Å². The van der Waals surface area contributed by atoms with E-state index in [1.165, 1.54) is 10.4 Å². The molecular formula is C24H32BrClN2O5S. The summed E-state index contributed by atoms with van der Waals surface area (Å²) in [4.78, 5) is 0. The molecule has 0 aliphatic rings. The smallest absolute Gasteiger partial charge is 0.133 e. The Hall–Kier alpha value is -1.46. The van der Waals surface area contributed by atoms with Gasteiger partial charge in [0.05, 0.1) is 29.2 Å². The van der Waals surface area contributed by atoms with Crippen LogP contribution in [0.4, 0.5) is 0 Å². The quantitative estimate of drug-likeness (QED) is 0.108. The first kappa shape index (κ1) is 28.8. The third-order valence-electron chi connectivity index (χ3n) is 5.37. The van der Waals surface area contributed by atoms with Crippen LogP contribution in [0.2, 0.25) is 0 Å². The average Bonchev–Trinajstić information content (AvgIpc) is 2.82. The third-order valence-corrected chi connectivity index (χ3v) is 6.64. The molecule has 2 rings (SSSR count). The molecule has 0 radical (unpaired) electrons. The van der Waals surface area contributed by atoms with Crippen LogP contribution in [0.1, 0.15) is 25.0 Å². The van der Waals surface area contributed by atoms with Gasteiger partial charge in [-0.1, -0.05) is 32.0 Å². The third kappa shape index (κ3) is 8.05. The summed E-state index contributed by atoms with van der Waals surface area (Å²) in [6, 6.07) is 13.5. The highest BCUT2D eigenvalue weighted by atomic mass is 79.9. The Balaban J connectivity index is 2.00. The van der Waals surface area contributed by atoms with E-state index in [-0.39, 0.29) is 37.7 Å². The molecule has 0 heterocycles. The number of hydrazine groups is 1. The van der Waals surface area contributed by atoms with Crippen molar-refractivity contribution in [1.29, 1.82) is 0 Å². The van der Waals surface area contributed by atoms with Gasteiger partial charge in [0.2, 0.25) is 0 Å². The predicted molar refractivity (Wildman–Crippen MR) is 141 cm³/mol. The van der Waals surface area contributed by atoms with Gasteiger partial charge in [0.25, 0.3) is 0 Å². The van der Waals surface area contributed by atoms with Crippen molar-refractivity contribution >= 4 is 40.2 Å². The Morgan fingerprint density at radius 2 is 1.74 bits per heavy atom. The van der Waals surface area contributed by atoms with E-state index in [0.29, 0.717) is 17.2 Å². The number of thiol groups is 1. The Kier molecular flexibility index (Phi) is 11.5. The molecule has 0 amide bonds. The number of nitrogens with two attached hydrogens (primary N) is 1. The van der Waals surface area contributed by atoms with Crippen molar-refractivity contribution in [2.75, 3.05) is 32.2 Å². The monoisotopic (exact) mass is 574 g/mol. The van der Waals surface area contributed by atoms with Gasteiger partial charge in [-0.2, -0.15) is 0 Å². The van der Waals surface area contributed by atoms with Gasteiger partial charge in [-0.25, -0.2) is 5.84 Å². The highest BCUT2D eigenvalue weighted by Gasteiger charge is 2.24. The van der Waals surface area contributed by atoms with Crippen molar-refractivity contribution in [3.05, 3.63) is 69.2 Å². The van der Waals surface area contributed by atoms with Crippen molar-refractivity contribution in [3.63, 3.8) is 0 Å². The molecule has 0 saturated heterocycles. The fourth-order valence-corrected chi connectivity index (χ4v) is 3.98. The fraction of sp³-hybridized carbons (Fsp3) is 0.417. The fourth-order valence-electron chi connectivity index (χ4n) is 3.17. The van der Waals surface area contributed by atoms with E-state index in [4.69, 9.17) is 26.9 Å². The number of hydrogen-bond acceptors (Lipinski definition) is 8. The Labute approximate surface area is 219 Å². The van der Waals surface area contributed by atoms with Gasteiger partial charge in [0, 0.05) is 5.41 Å². The van der Waals surface area contributed by atoms with Crippen molar-refractivity contribution in [1.82, 2.24) is 5.01 Å². The van der Waals surface area contributed by atoms with Gasteiger partial charge in [-0.3, -0.25) is 0 Å². The zero-order valence-corrected chi connectivity index (χ0v) is 22.4. The van der Waals surface area contributed by atoms with Crippen LogP contribution in [0.5, 0.6) is 11.5 Å². The molecule has 10 heteroatoms. The second-order valence-corrected chi connectivity index (χ2v) is 9.73. The first-order valence-electron chi connectivity index (χ1n) is 10.7. The van der Waals surface area contributed by atoms with E-state index in [1.54, 1.807) is 0 Å². The standard InChI is InChI=1S/C24H32BrClN2O5S/c1-24(2,17-5-8-23(22(25)9-17)33-13-19(30)10-26)16-3-6-21(7-4-16)32-14-20(31)11-28(27)18(12-29)15-34/h3-9,15,19-20,29-31,34H,10-14,27H2,1-2H3/b18-15+. The molecule has 7 nitrogen and oxygen atoms in total. The van der Waals surface area contributed by atoms with E-state index in [9.17, 15) is 15.3 Å². The Bertz CT molecular complexity index is 945. The van der Waals surface area contributed by atoms with Crippen LogP contribution in [-0.4, -0.2) is 64.8 Å². The van der Waals surface area contributed by atoms with Crippen LogP contribution in [0.15, 0.2) is 58.0 Å². The minimum atomic E-state index is -0.848. The number of hydrogen-bond donors (Lipinski definition) is 5. The van der Waals surface area contributed by atoms with Crippen LogP contribution in [0.3, 0.4) is 0 Å². The van der Waals surface area contributed by atoms with E-state index >= 15 is 0 Å². The van der Waals surface area contributed by atoms with Crippen LogP contribution in [0.25, 0.3) is 0 Å². The predicted octanol–water partition coefficient (Wildman–Crippen LogP) is 3.43. The first-order chi connectivity index (χ1) is 16.1. The second-order valence-electron chi connectivity index (χ2n) is 8.31. The Morgan fingerprint density at radius 3 is 2.29 bits per heavy atom. The average molecular weight is 576 g/mol. The molecule has 0 bridgehead atoms. The molecule has 188 valence electrons. The summed E-state index contributed by atoms with van der Waals surface area (Å²) in [6.45, 7) is 4.24. The van der Waals surface area contributed by atoms with Crippen LogP contribution in [-0.2, 0) is 5.41 Å². The summed E-state index contributed by atoms with van der Waals surface area (Å²) in [6.07, 6.45) is -1.57. The molecule has 5 N–H and O–H groups in total. The van der Waals surface area contributed by atoms with Crippen LogP contribution in [0, 0.1) is 0 Å². The number of benzene rings is 2. The normalized spacial score (nSPS) is 14.0. The lowest BCUT2D eigenvalue weighted by Crippen LogP contribution is -2.40. The molecule has 0 aliphatic carbocycles. The largest absolute Gasteiger partial charge is 0.491 e. The molecule has 0 spiro atoms. The van der Waals surface area contributed by atoms with E-state index in [1.807, 2.05) is 42.5 Å². The summed E-state index contributed by atoms with van der Waals surface area (Å²) in [5, 5.41) is 31.6. The topological polar surface area (TPSA) is 108 Å². The molecule has 0 fully saturated rings. The van der Waals surface area contributed by atoms with Crippen molar-refractivity contribution < 1.29 is 24.8 Å². The maximum Gasteiger partial charge on any atom is 0.133 e. The maximum absolute atomic E-state index is 10.2. The lowest BCUT2D eigenvalue weighted by molar-refractivity contribution is 0.0747. The number of ether oxygens (including phenoxy) is 2. The molecule has 2 aromatic carbocycles. The minimum absolute atomic E-state index is 0.0501. The van der Waals surface area contributed by atoms with Crippen LogP contribution >= 0.6 is 40.2 Å². The number of aliphatic hydroxyl groups excluding tert-OH is 3. The molecule has 2 aromatic rings. The van der Waals surface area contributed by atoms with E-state index in [2.05, 4.69) is 42.4 Å². The minimum Gasteiger partial charge on any atom is -0.491 e. The van der Waals surface area contributed by atoms with Gasteiger partial charge in [0.1, 0.15) is 36.9 Å². The SMILES string of the molecule is CC(C)(c1ccc(OCC(O)CN(N)/C(=C/S)CO)cc1)c1ccc(OCC(O)CCl)c(Br)c1. The van der Waals surface area contributed by atoms with Gasteiger partial charge in [-0.15, -0.1) is 24.2 Å². The lowest BCUT2D eigenvalue weighted by atomic mass is 9.78. The molecule has 0 aliphatic heterocycles. The molecule has 2 atom stereocenters. The van der Waals surface area contributed by atoms with Gasteiger partial charge < -0.3 is 29.8 Å². The number of aliphatic hydroxyl groups is 3.